The zero-order chi connectivity index (χ0) is 29.1. The molecule has 0 saturated heterocycles. The average molecular weight is 373 g/mol. The second-order valence-electron chi connectivity index (χ2n) is 4.47. The van der Waals surface area contributed by atoms with Gasteiger partial charge >= 0.3 is 5.16 Å². The number of nitrogens with one attached hydrogen (secondary N) is 1. The summed E-state index contributed by atoms with van der Waals surface area (Å²) >= 11 is -2.80. The van der Waals surface area contributed by atoms with Crippen molar-refractivity contribution in [1.29, 1.82) is 0 Å². The fourth-order valence-electron chi connectivity index (χ4n) is 1.81. The van der Waals surface area contributed by atoms with Gasteiger partial charge in [-0.25, -0.2) is 0 Å². The highest BCUT2D eigenvalue weighted by Gasteiger charge is 2.20. The van der Waals surface area contributed by atoms with Crippen molar-refractivity contribution in [3.8, 4) is 5.75 Å². The second kappa shape index (κ2) is 8.33. The van der Waals surface area contributed by atoms with Gasteiger partial charge in [0.05, 0.1) is 34.3 Å². The van der Waals surface area contributed by atoms with E-state index in [0.717, 1.165) is 7.11 Å². The van der Waals surface area contributed by atoms with E-state index in [1.54, 1.807) is 24.3 Å². The number of hydrogen-bond acceptors (Lipinski definition) is 5. The first kappa shape index (κ1) is 7.65. The van der Waals surface area contributed by atoms with Gasteiger partial charge in [0.1, 0.15) is 5.75 Å². The molecular formula is C18H21N3O3S. The molecule has 0 radical (unpaired) electrons. The highest BCUT2D eigenvalue weighted by molar-refractivity contribution is 7.90. The molecule has 0 saturated carbocycles. The Morgan fingerprint density at radius 1 is 1.40 bits per heavy atom. The van der Waals surface area contributed by atoms with E-state index in [-0.39, 0.29) is 0 Å². The lowest BCUT2D eigenvalue weighted by Gasteiger charge is -2.12. The summed E-state index contributed by atoms with van der Waals surface area (Å²) in [7, 11) is 0.756. The highest BCUT2D eigenvalue weighted by atomic mass is 32.2. The summed E-state index contributed by atoms with van der Waals surface area (Å²) in [6, 6.07) is 5.23. The smallest absolute Gasteiger partial charge is 0.322 e. The molecule has 2 aromatic heterocycles. The van der Waals surface area contributed by atoms with Gasteiger partial charge < -0.3 is 14.0 Å². The van der Waals surface area contributed by atoms with Gasteiger partial charge in [-0.2, -0.15) is 4.98 Å². The number of H-pyrrole nitrogens is 1. The molecule has 25 heavy (non-hydrogen) atoms. The molecule has 0 aliphatic carbocycles. The quantitative estimate of drug-likeness (QED) is 0.615. The molecule has 1 unspecified atom stereocenters. The molecule has 3 rings (SSSR count). The van der Waals surface area contributed by atoms with Crippen LogP contribution in [-0.4, -0.2) is 39.7 Å². The van der Waals surface area contributed by atoms with Gasteiger partial charge in [0.15, 0.2) is 5.70 Å². The number of aromatic amines is 1. The highest BCUT2D eigenvalue weighted by Crippen LogP contribution is 2.24. The first-order valence-electron chi connectivity index (χ1n) is 13.3. The lowest BCUT2D eigenvalue weighted by molar-refractivity contribution is 0.172. The molecule has 0 amide bonds. The average Bonchev–Trinajstić information content (AvgIpc) is 3.24. The van der Waals surface area contributed by atoms with Crippen LogP contribution in [0.15, 0.2) is 41.6 Å². The standard InChI is InChI=1S/C18H21N3O3S/c1-13-16(19-9-8-17(13)24-11-5-10-23-2)12-25(22)18-20-14-6-3-4-7-15(14)21-18/h3-4,6-9H,5,10-12H2,1-2H3,(H,20,21)/i1D3,5D2,8D,9D,10D2,11D2,12D2. The van der Waals surface area contributed by atoms with E-state index in [0.29, 0.717) is 11.0 Å². The summed E-state index contributed by atoms with van der Waals surface area (Å²) in [5, 5.41) is -0.404. The van der Waals surface area contributed by atoms with E-state index in [1.807, 2.05) is 0 Å². The number of nitrogens with zero attached hydrogens (tertiary/aromatic N) is 2. The Labute approximate surface area is 168 Å². The minimum atomic E-state index is -3.72. The van der Waals surface area contributed by atoms with Crippen molar-refractivity contribution in [2.45, 2.75) is 24.1 Å². The second-order valence-corrected chi connectivity index (χ2v) is 5.59. The maximum atomic E-state index is 13.3. The number of ether oxygens (including phenoxy) is 2. The maximum Gasteiger partial charge on any atom is 0.322 e. The third kappa shape index (κ3) is 4.31. The Balaban J connectivity index is 2.24. The molecule has 3 aromatic rings. The summed E-state index contributed by atoms with van der Waals surface area (Å²) in [4.78, 5) is 10.2. The Bertz CT molecular complexity index is 1310. The van der Waals surface area contributed by atoms with Gasteiger partial charge in [0.25, 0.3) is 0 Å². The van der Waals surface area contributed by atoms with Crippen LogP contribution in [0.2, 0.25) is 0 Å². The number of imidazole rings is 1. The van der Waals surface area contributed by atoms with Gasteiger partial charge in [0.2, 0.25) is 0 Å². The number of aromatic nitrogens is 3. The molecular weight excluding hydrogens is 338 g/mol. The topological polar surface area (TPSA) is 83.1 Å². The molecule has 0 fully saturated rings. The van der Waals surface area contributed by atoms with Crippen LogP contribution in [0.3, 0.4) is 0 Å². The van der Waals surface area contributed by atoms with Crippen LogP contribution in [0, 0.1) is 6.85 Å². The van der Waals surface area contributed by atoms with Crippen LogP contribution in [0.4, 0.5) is 0 Å². The lowest BCUT2D eigenvalue weighted by Crippen LogP contribution is -2.10. The summed E-state index contributed by atoms with van der Waals surface area (Å²) in [5.41, 5.74) is -4.88. The fourth-order valence-corrected chi connectivity index (χ4v) is 2.62. The van der Waals surface area contributed by atoms with Gasteiger partial charge in [-0.15, -0.1) is 0 Å². The molecule has 0 aliphatic rings. The normalized spacial score (nSPS) is 22.9. The molecule has 0 bridgehead atoms. The molecule has 2 heterocycles. The first-order valence-corrected chi connectivity index (χ1v) is 7.97. The summed E-state index contributed by atoms with van der Waals surface area (Å²) in [6.45, 7) is -10.4. The van der Waals surface area contributed by atoms with Crippen LogP contribution in [0.25, 0.3) is 11.0 Å². The van der Waals surface area contributed by atoms with Crippen molar-refractivity contribution in [2.75, 3.05) is 20.2 Å². The molecule has 0 aliphatic heterocycles. The summed E-state index contributed by atoms with van der Waals surface area (Å²) < 4.78 is 127. The number of fused-ring (bicyclic) bond motifs is 1. The Hall–Kier alpha value is -2.09. The Kier molecular flexibility index (Phi) is 2.55. The number of rotatable bonds is 8. The number of benzene rings is 1. The van der Waals surface area contributed by atoms with Crippen molar-refractivity contribution in [3.05, 3.63) is 47.7 Å². The SMILES string of the molecule is [2H]c1nc(C([2H])([2H])[S+]([O-])c2nc3ccccc3[nH]2)c(C([2H])([2H])[2H])c(OC([2H])([2H])C([2H])([2H])C([2H])([2H])OC)c1[2H]. The molecule has 132 valence electrons. The lowest BCUT2D eigenvalue weighted by atomic mass is 10.2. The van der Waals surface area contributed by atoms with Gasteiger partial charge in [-0.3, -0.25) is 9.97 Å². The zero-order valence-corrected chi connectivity index (χ0v) is 13.7. The summed E-state index contributed by atoms with van der Waals surface area (Å²) in [5.74, 6) is -1.30. The number of para-hydroxylation sites is 2. The van der Waals surface area contributed by atoms with Gasteiger partial charge in [-0.05, 0) is 25.0 Å². The van der Waals surface area contributed by atoms with E-state index in [1.165, 1.54) is 0 Å². The molecule has 1 atom stereocenters. The van der Waals surface area contributed by atoms with Crippen molar-refractivity contribution < 1.29 is 31.8 Å². The predicted molar refractivity (Wildman–Crippen MR) is 97.2 cm³/mol. The van der Waals surface area contributed by atoms with Crippen LogP contribution < -0.4 is 4.74 Å². The van der Waals surface area contributed by atoms with E-state index >= 15 is 0 Å². The largest absolute Gasteiger partial charge is 0.609 e. The van der Waals surface area contributed by atoms with Crippen LogP contribution in [0.5, 0.6) is 5.75 Å². The number of hydrogen-bond donors (Lipinski definition) is 1. The van der Waals surface area contributed by atoms with Gasteiger partial charge in [-0.1, -0.05) is 12.1 Å². The van der Waals surface area contributed by atoms with E-state index in [9.17, 15) is 4.55 Å². The Morgan fingerprint density at radius 3 is 3.08 bits per heavy atom. The maximum absolute atomic E-state index is 13.3. The molecule has 1 N–H and O–H groups in total. The van der Waals surface area contributed by atoms with Crippen LogP contribution >= 0.6 is 0 Å². The van der Waals surface area contributed by atoms with E-state index < -0.39 is 77.6 Å². The molecule has 0 spiro atoms. The third-order valence-electron chi connectivity index (χ3n) is 2.89. The fraction of sp³-hybridized carbons (Fsp3) is 0.333. The van der Waals surface area contributed by atoms with Crippen molar-refractivity contribution in [3.63, 3.8) is 0 Å². The van der Waals surface area contributed by atoms with E-state index in [4.69, 9.17) is 22.6 Å². The monoisotopic (exact) mass is 372 g/mol. The zero-order valence-electron chi connectivity index (χ0n) is 25.8. The molecule has 7 heteroatoms. The molecule has 6 nitrogen and oxygen atoms in total. The van der Waals surface area contributed by atoms with Crippen LogP contribution in [0.1, 0.15) is 35.5 Å². The van der Waals surface area contributed by atoms with Crippen molar-refractivity contribution >= 4 is 22.2 Å². The minimum Gasteiger partial charge on any atom is -0.609 e. The minimum absolute atomic E-state index is 0.324. The third-order valence-corrected chi connectivity index (χ3v) is 3.81. The van der Waals surface area contributed by atoms with Crippen molar-refractivity contribution in [2.24, 2.45) is 0 Å². The number of pyridine rings is 1. The predicted octanol–water partition coefficient (Wildman–Crippen LogP) is 2.99. The van der Waals surface area contributed by atoms with Crippen molar-refractivity contribution in [1.82, 2.24) is 15.0 Å². The Morgan fingerprint density at radius 2 is 2.28 bits per heavy atom. The van der Waals surface area contributed by atoms with E-state index in [2.05, 4.69) is 19.7 Å². The summed E-state index contributed by atoms with van der Waals surface area (Å²) in [6.07, 6.45) is -4.71. The van der Waals surface area contributed by atoms with Gasteiger partial charge in [0, 0.05) is 49.8 Å². The number of methoxy groups -OCH3 is 1. The first-order chi connectivity index (χ1) is 17.2. The molecule has 1 aromatic carbocycles. The van der Waals surface area contributed by atoms with Crippen LogP contribution in [-0.2, 0) is 21.6 Å².